The average Bonchev–Trinajstić information content (AvgIpc) is 2.68. The molecule has 0 aliphatic heterocycles. The Balaban J connectivity index is 2.13. The van der Waals surface area contributed by atoms with Crippen molar-refractivity contribution in [3.8, 4) is 0 Å². The Morgan fingerprint density at radius 1 is 1.19 bits per heavy atom. The van der Waals surface area contributed by atoms with Crippen LogP contribution in [-0.4, -0.2) is 0 Å². The van der Waals surface area contributed by atoms with Crippen molar-refractivity contribution in [2.24, 2.45) is 0 Å². The van der Waals surface area contributed by atoms with Gasteiger partial charge in [-0.15, -0.1) is 0 Å². The quantitative estimate of drug-likeness (QED) is 0.846. The number of hydrogen-bond donors (Lipinski definition) is 1. The molecule has 1 atom stereocenters. The van der Waals surface area contributed by atoms with Crippen LogP contribution in [0.5, 0.6) is 0 Å². The van der Waals surface area contributed by atoms with E-state index in [0.717, 1.165) is 11.5 Å². The predicted molar refractivity (Wildman–Crippen MR) is 61.9 cm³/mol. The van der Waals surface area contributed by atoms with E-state index in [1.165, 1.54) is 6.07 Å². The molecule has 0 fully saturated rings. The number of para-hydroxylation sites is 1. The lowest BCUT2D eigenvalue weighted by molar-refractivity contribution is 0.466. The Hall–Kier alpha value is -1.77. The van der Waals surface area contributed by atoms with Crippen molar-refractivity contribution in [1.29, 1.82) is 0 Å². The second-order valence-electron chi connectivity index (χ2n) is 3.79. The minimum absolute atomic E-state index is 0.0504. The van der Waals surface area contributed by atoms with Crippen molar-refractivity contribution < 1.29 is 8.81 Å². The van der Waals surface area contributed by atoms with Crippen LogP contribution in [-0.2, 0) is 0 Å². The first-order valence-electron chi connectivity index (χ1n) is 5.24. The van der Waals surface area contributed by atoms with E-state index in [4.69, 9.17) is 4.42 Å². The van der Waals surface area contributed by atoms with Crippen molar-refractivity contribution in [1.82, 2.24) is 0 Å². The fourth-order valence-corrected chi connectivity index (χ4v) is 1.57. The van der Waals surface area contributed by atoms with Crippen LogP contribution in [0.1, 0.15) is 24.5 Å². The van der Waals surface area contributed by atoms with E-state index in [0.29, 0.717) is 5.69 Å². The third-order valence-corrected chi connectivity index (χ3v) is 2.43. The molecule has 3 heteroatoms. The lowest BCUT2D eigenvalue weighted by Gasteiger charge is -2.13. The molecule has 0 saturated heterocycles. The lowest BCUT2D eigenvalue weighted by atomic mass is 10.2. The van der Waals surface area contributed by atoms with E-state index in [1.54, 1.807) is 18.2 Å². The Labute approximate surface area is 94.1 Å². The summed E-state index contributed by atoms with van der Waals surface area (Å²) < 4.78 is 18.9. The van der Waals surface area contributed by atoms with Gasteiger partial charge in [-0.25, -0.2) is 4.39 Å². The van der Waals surface area contributed by atoms with Gasteiger partial charge < -0.3 is 9.73 Å². The summed E-state index contributed by atoms with van der Waals surface area (Å²) in [6.45, 7) is 3.82. The van der Waals surface area contributed by atoms with Gasteiger partial charge in [0.2, 0.25) is 0 Å². The molecule has 1 unspecified atom stereocenters. The van der Waals surface area contributed by atoms with Gasteiger partial charge >= 0.3 is 0 Å². The molecular weight excluding hydrogens is 205 g/mol. The number of halogens is 1. The number of aryl methyl sites for hydroxylation is 1. The van der Waals surface area contributed by atoms with Crippen LogP contribution in [0, 0.1) is 12.7 Å². The number of benzene rings is 1. The normalized spacial score (nSPS) is 12.4. The highest BCUT2D eigenvalue weighted by atomic mass is 19.1. The molecule has 2 rings (SSSR count). The highest BCUT2D eigenvalue weighted by molar-refractivity contribution is 5.45. The van der Waals surface area contributed by atoms with E-state index in [2.05, 4.69) is 5.32 Å². The summed E-state index contributed by atoms with van der Waals surface area (Å²) in [5.41, 5.74) is 0.490. The zero-order valence-electron chi connectivity index (χ0n) is 9.33. The van der Waals surface area contributed by atoms with Gasteiger partial charge in [0.15, 0.2) is 0 Å². The number of nitrogens with one attached hydrogen (secondary N) is 1. The van der Waals surface area contributed by atoms with Crippen LogP contribution in [0.15, 0.2) is 40.8 Å². The van der Waals surface area contributed by atoms with Gasteiger partial charge in [0, 0.05) is 0 Å². The summed E-state index contributed by atoms with van der Waals surface area (Å²) in [5, 5.41) is 3.07. The van der Waals surface area contributed by atoms with Gasteiger partial charge in [0.05, 0.1) is 11.7 Å². The molecule has 2 aromatic rings. The summed E-state index contributed by atoms with van der Waals surface area (Å²) in [5.74, 6) is 1.41. The molecule has 16 heavy (non-hydrogen) atoms. The molecule has 1 aromatic heterocycles. The van der Waals surface area contributed by atoms with E-state index in [1.807, 2.05) is 26.0 Å². The third-order valence-electron chi connectivity index (χ3n) is 2.43. The summed E-state index contributed by atoms with van der Waals surface area (Å²) in [4.78, 5) is 0. The standard InChI is InChI=1S/C13H14FNO/c1-9-7-8-13(16-9)10(2)15-12-6-4-3-5-11(12)14/h3-8,10,15H,1-2H3. The fourth-order valence-electron chi connectivity index (χ4n) is 1.57. The van der Waals surface area contributed by atoms with Gasteiger partial charge in [0.1, 0.15) is 17.3 Å². The second-order valence-corrected chi connectivity index (χ2v) is 3.79. The maximum Gasteiger partial charge on any atom is 0.146 e. The van der Waals surface area contributed by atoms with Gasteiger partial charge in [-0.3, -0.25) is 0 Å². The zero-order chi connectivity index (χ0) is 11.5. The molecule has 1 N–H and O–H groups in total. The molecule has 1 aromatic carbocycles. The van der Waals surface area contributed by atoms with Gasteiger partial charge in [-0.2, -0.15) is 0 Å². The molecule has 0 amide bonds. The number of anilines is 1. The molecule has 2 nitrogen and oxygen atoms in total. The molecule has 1 heterocycles. The van der Waals surface area contributed by atoms with E-state index >= 15 is 0 Å². The van der Waals surface area contributed by atoms with Crippen molar-refractivity contribution in [2.75, 3.05) is 5.32 Å². The Morgan fingerprint density at radius 2 is 1.94 bits per heavy atom. The summed E-state index contributed by atoms with van der Waals surface area (Å²) in [6.07, 6.45) is 0. The van der Waals surface area contributed by atoms with E-state index in [-0.39, 0.29) is 11.9 Å². The predicted octanol–water partition coefficient (Wildman–Crippen LogP) is 3.90. The summed E-state index contributed by atoms with van der Waals surface area (Å²) in [7, 11) is 0. The molecule has 0 radical (unpaired) electrons. The molecule has 0 saturated carbocycles. The zero-order valence-corrected chi connectivity index (χ0v) is 9.33. The minimum atomic E-state index is -0.252. The largest absolute Gasteiger partial charge is 0.464 e. The minimum Gasteiger partial charge on any atom is -0.464 e. The Bertz CT molecular complexity index is 478. The Kier molecular flexibility index (Phi) is 2.95. The maximum atomic E-state index is 13.4. The van der Waals surface area contributed by atoms with E-state index < -0.39 is 0 Å². The van der Waals surface area contributed by atoms with Crippen molar-refractivity contribution in [2.45, 2.75) is 19.9 Å². The third kappa shape index (κ3) is 2.24. The van der Waals surface area contributed by atoms with Crippen LogP contribution < -0.4 is 5.32 Å². The van der Waals surface area contributed by atoms with Crippen molar-refractivity contribution in [3.05, 3.63) is 53.7 Å². The smallest absolute Gasteiger partial charge is 0.146 e. The first-order chi connectivity index (χ1) is 7.66. The molecule has 0 spiro atoms. The average molecular weight is 219 g/mol. The van der Waals surface area contributed by atoms with Crippen LogP contribution in [0.2, 0.25) is 0 Å². The summed E-state index contributed by atoms with van der Waals surface area (Å²) in [6, 6.07) is 10.4. The van der Waals surface area contributed by atoms with Crippen LogP contribution in [0.3, 0.4) is 0 Å². The summed E-state index contributed by atoms with van der Waals surface area (Å²) >= 11 is 0. The molecule has 84 valence electrons. The SMILES string of the molecule is Cc1ccc(C(C)Nc2ccccc2F)o1. The maximum absolute atomic E-state index is 13.4. The van der Waals surface area contributed by atoms with Crippen LogP contribution >= 0.6 is 0 Å². The van der Waals surface area contributed by atoms with Gasteiger partial charge in [-0.1, -0.05) is 12.1 Å². The van der Waals surface area contributed by atoms with Gasteiger partial charge in [-0.05, 0) is 38.1 Å². The van der Waals surface area contributed by atoms with Gasteiger partial charge in [0.25, 0.3) is 0 Å². The molecule has 0 aliphatic carbocycles. The van der Waals surface area contributed by atoms with Crippen molar-refractivity contribution in [3.63, 3.8) is 0 Å². The second kappa shape index (κ2) is 4.39. The van der Waals surface area contributed by atoms with Crippen molar-refractivity contribution >= 4 is 5.69 Å². The number of furan rings is 1. The topological polar surface area (TPSA) is 25.2 Å². The highest BCUT2D eigenvalue weighted by Crippen LogP contribution is 2.22. The number of rotatable bonds is 3. The molecular formula is C13H14FNO. The Morgan fingerprint density at radius 3 is 2.56 bits per heavy atom. The number of hydrogen-bond acceptors (Lipinski definition) is 2. The highest BCUT2D eigenvalue weighted by Gasteiger charge is 2.10. The fraction of sp³-hybridized carbons (Fsp3) is 0.231. The van der Waals surface area contributed by atoms with E-state index in [9.17, 15) is 4.39 Å². The molecule has 0 bridgehead atoms. The monoisotopic (exact) mass is 219 g/mol. The van der Waals surface area contributed by atoms with Crippen LogP contribution in [0.4, 0.5) is 10.1 Å². The van der Waals surface area contributed by atoms with Crippen LogP contribution in [0.25, 0.3) is 0 Å². The first kappa shape index (κ1) is 10.7. The first-order valence-corrected chi connectivity index (χ1v) is 5.24. The molecule has 0 aliphatic rings. The lowest BCUT2D eigenvalue weighted by Crippen LogP contribution is -2.06.